The third-order valence-corrected chi connectivity index (χ3v) is 3.72. The van der Waals surface area contributed by atoms with Gasteiger partial charge in [0.05, 0.1) is 5.69 Å². The van der Waals surface area contributed by atoms with Gasteiger partial charge < -0.3 is 5.32 Å². The molecule has 1 aromatic heterocycles. The molecular weight excluding hydrogens is 260 g/mol. The summed E-state index contributed by atoms with van der Waals surface area (Å²) in [5, 5.41) is 7.72. The van der Waals surface area contributed by atoms with Crippen LogP contribution in [0.25, 0.3) is 0 Å². The van der Waals surface area contributed by atoms with E-state index in [1.165, 1.54) is 31.6 Å². The Morgan fingerprint density at radius 1 is 1.47 bits per heavy atom. The van der Waals surface area contributed by atoms with Crippen molar-refractivity contribution in [2.75, 3.05) is 26.7 Å². The lowest BCUT2D eigenvalue weighted by Crippen LogP contribution is -2.39. The Bertz CT molecular complexity index is 362. The maximum Gasteiger partial charge on any atom is 0.0527 e. The van der Waals surface area contributed by atoms with Gasteiger partial charge in [0.1, 0.15) is 0 Å². The van der Waals surface area contributed by atoms with Gasteiger partial charge in [-0.3, -0.25) is 9.58 Å². The minimum atomic E-state index is 0. The Labute approximate surface area is 123 Å². The number of aromatic nitrogens is 2. The second kappa shape index (κ2) is 7.88. The number of halogens is 1. The molecule has 19 heavy (non-hydrogen) atoms. The van der Waals surface area contributed by atoms with Crippen LogP contribution in [0, 0.1) is 5.92 Å². The number of nitrogens with one attached hydrogen (secondary N) is 1. The van der Waals surface area contributed by atoms with Gasteiger partial charge in [0.15, 0.2) is 0 Å². The summed E-state index contributed by atoms with van der Waals surface area (Å²) >= 11 is 0. The zero-order chi connectivity index (χ0) is 13.0. The van der Waals surface area contributed by atoms with Gasteiger partial charge in [-0.25, -0.2) is 0 Å². The number of likely N-dealkylation sites (tertiary alicyclic amines) is 1. The first-order valence-electron chi connectivity index (χ1n) is 7.10. The lowest BCUT2D eigenvalue weighted by atomic mass is 9.98. The van der Waals surface area contributed by atoms with Gasteiger partial charge in [0.2, 0.25) is 0 Å². The van der Waals surface area contributed by atoms with Crippen LogP contribution in [-0.4, -0.2) is 41.4 Å². The first kappa shape index (κ1) is 16.5. The highest BCUT2D eigenvalue weighted by molar-refractivity contribution is 5.85. The molecule has 1 saturated heterocycles. The molecule has 2 heterocycles. The summed E-state index contributed by atoms with van der Waals surface area (Å²) in [7, 11) is 2.05. The predicted octanol–water partition coefficient (Wildman–Crippen LogP) is 2.32. The molecule has 1 atom stereocenters. The molecule has 1 N–H and O–H groups in total. The second-order valence-corrected chi connectivity index (χ2v) is 5.66. The molecule has 4 nitrogen and oxygen atoms in total. The third kappa shape index (κ3) is 4.48. The third-order valence-electron chi connectivity index (χ3n) is 3.72. The van der Waals surface area contributed by atoms with Gasteiger partial charge >= 0.3 is 0 Å². The van der Waals surface area contributed by atoms with Crippen molar-refractivity contribution in [3.63, 3.8) is 0 Å². The second-order valence-electron chi connectivity index (χ2n) is 5.66. The van der Waals surface area contributed by atoms with E-state index in [1.807, 2.05) is 13.2 Å². The van der Waals surface area contributed by atoms with E-state index in [-0.39, 0.29) is 12.4 Å². The molecule has 1 unspecified atom stereocenters. The molecule has 1 aromatic rings. The summed E-state index contributed by atoms with van der Waals surface area (Å²) in [5.74, 6) is 0.805. The summed E-state index contributed by atoms with van der Waals surface area (Å²) in [6.07, 6.45) is 4.60. The van der Waals surface area contributed by atoms with Gasteiger partial charge in [-0.15, -0.1) is 12.4 Å². The molecule has 110 valence electrons. The smallest absolute Gasteiger partial charge is 0.0527 e. The molecular formula is C14H27ClN4. The minimum Gasteiger partial charge on any atom is -0.319 e. The Hall–Kier alpha value is -0.580. The molecule has 2 rings (SSSR count). The molecule has 1 fully saturated rings. The van der Waals surface area contributed by atoms with Crippen molar-refractivity contribution in [3.05, 3.63) is 18.0 Å². The Morgan fingerprint density at radius 3 is 2.95 bits per heavy atom. The van der Waals surface area contributed by atoms with Crippen LogP contribution in [0.1, 0.15) is 38.4 Å². The molecule has 1 aliphatic heterocycles. The van der Waals surface area contributed by atoms with E-state index in [0.717, 1.165) is 19.0 Å². The van der Waals surface area contributed by atoms with Crippen LogP contribution in [0.4, 0.5) is 0 Å². The van der Waals surface area contributed by atoms with Crippen LogP contribution in [0.5, 0.6) is 0 Å². The summed E-state index contributed by atoms with van der Waals surface area (Å²) in [6, 6.07) is 2.61. The maximum absolute atomic E-state index is 4.41. The lowest BCUT2D eigenvalue weighted by molar-refractivity contribution is 0.162. The topological polar surface area (TPSA) is 33.1 Å². The molecule has 0 radical (unpaired) electrons. The van der Waals surface area contributed by atoms with E-state index < -0.39 is 0 Å². The average Bonchev–Trinajstić information content (AvgIpc) is 2.78. The Morgan fingerprint density at radius 2 is 2.26 bits per heavy atom. The van der Waals surface area contributed by atoms with Crippen molar-refractivity contribution >= 4 is 12.4 Å². The summed E-state index contributed by atoms with van der Waals surface area (Å²) in [6.45, 7) is 9.00. The van der Waals surface area contributed by atoms with E-state index in [4.69, 9.17) is 0 Å². The van der Waals surface area contributed by atoms with E-state index in [0.29, 0.717) is 6.04 Å². The molecule has 0 aromatic carbocycles. The lowest BCUT2D eigenvalue weighted by Gasteiger charge is -2.32. The van der Waals surface area contributed by atoms with Gasteiger partial charge in [0, 0.05) is 25.3 Å². The zero-order valence-corrected chi connectivity index (χ0v) is 13.1. The fourth-order valence-electron chi connectivity index (χ4n) is 2.91. The fraction of sp³-hybridized carbons (Fsp3) is 0.786. The number of nitrogens with zero attached hydrogens (tertiary/aromatic N) is 3. The van der Waals surface area contributed by atoms with E-state index in [1.54, 1.807) is 0 Å². The molecule has 0 spiro atoms. The van der Waals surface area contributed by atoms with Crippen molar-refractivity contribution < 1.29 is 0 Å². The zero-order valence-electron chi connectivity index (χ0n) is 12.3. The predicted molar refractivity (Wildman–Crippen MR) is 81.8 cm³/mol. The average molecular weight is 287 g/mol. The minimum absolute atomic E-state index is 0. The monoisotopic (exact) mass is 286 g/mol. The molecule has 0 saturated carbocycles. The van der Waals surface area contributed by atoms with Crippen LogP contribution in [-0.2, 0) is 6.54 Å². The number of rotatable bonds is 5. The van der Waals surface area contributed by atoms with Crippen molar-refractivity contribution in [1.29, 1.82) is 0 Å². The first-order chi connectivity index (χ1) is 8.70. The maximum atomic E-state index is 4.41. The van der Waals surface area contributed by atoms with Crippen molar-refractivity contribution in [1.82, 2.24) is 20.0 Å². The van der Waals surface area contributed by atoms with Crippen LogP contribution in [0.15, 0.2) is 12.3 Å². The summed E-state index contributed by atoms with van der Waals surface area (Å²) in [5.41, 5.74) is 1.34. The van der Waals surface area contributed by atoms with E-state index in [2.05, 4.69) is 39.9 Å². The normalized spacial score (nSPS) is 20.5. The summed E-state index contributed by atoms with van der Waals surface area (Å²) < 4.78 is 2.14. The van der Waals surface area contributed by atoms with Crippen molar-refractivity contribution in [2.24, 2.45) is 5.92 Å². The number of hydrogen-bond acceptors (Lipinski definition) is 3. The van der Waals surface area contributed by atoms with Gasteiger partial charge in [-0.1, -0.05) is 0 Å². The molecule has 5 heteroatoms. The first-order valence-corrected chi connectivity index (χ1v) is 7.10. The molecule has 0 bridgehead atoms. The number of hydrogen-bond donors (Lipinski definition) is 1. The summed E-state index contributed by atoms with van der Waals surface area (Å²) in [4.78, 5) is 2.57. The van der Waals surface area contributed by atoms with Crippen LogP contribution in [0.3, 0.4) is 0 Å². The van der Waals surface area contributed by atoms with Crippen molar-refractivity contribution in [3.8, 4) is 0 Å². The van der Waals surface area contributed by atoms with Crippen molar-refractivity contribution in [2.45, 2.75) is 39.3 Å². The highest BCUT2D eigenvalue weighted by Crippen LogP contribution is 2.19. The Balaban J connectivity index is 0.00000180. The SMILES string of the molecule is CNCC1CCCN(Cc2ccnn2C(C)C)C1.Cl. The molecule has 0 amide bonds. The molecule has 1 aliphatic rings. The van der Waals surface area contributed by atoms with E-state index in [9.17, 15) is 0 Å². The fourth-order valence-corrected chi connectivity index (χ4v) is 2.91. The quantitative estimate of drug-likeness (QED) is 0.902. The van der Waals surface area contributed by atoms with Gasteiger partial charge in [-0.05, 0) is 58.8 Å². The number of piperidine rings is 1. The van der Waals surface area contributed by atoms with E-state index >= 15 is 0 Å². The van der Waals surface area contributed by atoms with Crippen LogP contribution < -0.4 is 5.32 Å². The largest absolute Gasteiger partial charge is 0.319 e. The van der Waals surface area contributed by atoms with Gasteiger partial charge in [0.25, 0.3) is 0 Å². The Kier molecular flexibility index (Phi) is 6.83. The van der Waals surface area contributed by atoms with Crippen LogP contribution in [0.2, 0.25) is 0 Å². The standard InChI is InChI=1S/C14H26N4.ClH/c1-12(2)18-14(6-7-16-18)11-17-8-4-5-13(10-17)9-15-3;/h6-7,12-13,15H,4-5,8-11H2,1-3H3;1H. The highest BCUT2D eigenvalue weighted by atomic mass is 35.5. The highest BCUT2D eigenvalue weighted by Gasteiger charge is 2.20. The van der Waals surface area contributed by atoms with Gasteiger partial charge in [-0.2, -0.15) is 5.10 Å². The molecule has 0 aliphatic carbocycles. The van der Waals surface area contributed by atoms with Crippen LogP contribution >= 0.6 is 12.4 Å².